The van der Waals surface area contributed by atoms with Crippen LogP contribution in [-0.4, -0.2) is 73.5 Å². The lowest BCUT2D eigenvalue weighted by Gasteiger charge is -2.32. The molecule has 2 unspecified atom stereocenters. The van der Waals surface area contributed by atoms with Gasteiger partial charge in [-0.2, -0.15) is 0 Å². The van der Waals surface area contributed by atoms with Crippen molar-refractivity contribution < 1.29 is 34.2 Å². The normalized spacial score (nSPS) is 19.0. The smallest absolute Gasteiger partial charge is 0.329 e. The maximum atomic E-state index is 13.2. The van der Waals surface area contributed by atoms with Crippen LogP contribution in [0.25, 0.3) is 0 Å². The van der Waals surface area contributed by atoms with E-state index >= 15 is 0 Å². The summed E-state index contributed by atoms with van der Waals surface area (Å²) in [6, 6.07) is 14.6. The molecule has 4 N–H and O–H groups in total. The molecule has 2 aromatic rings. The molecule has 1 aliphatic heterocycles. The molecule has 3 atom stereocenters. The molecule has 0 aromatic heterocycles. The van der Waals surface area contributed by atoms with E-state index in [1.165, 1.54) is 0 Å². The Bertz CT molecular complexity index is 1160. The van der Waals surface area contributed by atoms with Gasteiger partial charge in [0.1, 0.15) is 11.4 Å². The monoisotopic (exact) mass is 527 g/mol. The van der Waals surface area contributed by atoms with E-state index in [1.54, 1.807) is 74.5 Å². The fourth-order valence-electron chi connectivity index (χ4n) is 4.22. The van der Waals surface area contributed by atoms with Gasteiger partial charge in [-0.15, -0.1) is 11.8 Å². The van der Waals surface area contributed by atoms with E-state index in [-0.39, 0.29) is 12.8 Å². The van der Waals surface area contributed by atoms with Crippen molar-refractivity contribution in [3.63, 3.8) is 0 Å². The molecule has 1 aliphatic rings. The number of thioether (sulfide) groups is 1. The van der Waals surface area contributed by atoms with Crippen LogP contribution in [0.5, 0.6) is 0 Å². The van der Waals surface area contributed by atoms with Crippen molar-refractivity contribution >= 4 is 41.4 Å². The Balaban J connectivity index is 1.78. The van der Waals surface area contributed by atoms with Crippen molar-refractivity contribution in [1.29, 1.82) is 0 Å². The minimum atomic E-state index is -1.58. The highest BCUT2D eigenvalue weighted by atomic mass is 32.2. The Morgan fingerprint density at radius 2 is 1.41 bits per heavy atom. The summed E-state index contributed by atoms with van der Waals surface area (Å²) < 4.78 is -1.07. The van der Waals surface area contributed by atoms with Crippen LogP contribution in [-0.2, 0) is 36.8 Å². The molecule has 37 heavy (non-hydrogen) atoms. The number of rotatable bonds is 10. The third-order valence-electron chi connectivity index (χ3n) is 5.88. The predicted molar refractivity (Wildman–Crippen MR) is 137 cm³/mol. The number of hydrogen-bond donors (Lipinski definition) is 4. The Labute approximate surface area is 218 Å². The molecular weight excluding hydrogens is 498 g/mol. The zero-order valence-corrected chi connectivity index (χ0v) is 21.2. The molecule has 10 nitrogen and oxygen atoms in total. The van der Waals surface area contributed by atoms with E-state index in [9.17, 15) is 34.2 Å². The largest absolute Gasteiger partial charge is 0.480 e. The van der Waals surface area contributed by atoms with Gasteiger partial charge in [-0.05, 0) is 25.0 Å². The molecule has 196 valence electrons. The van der Waals surface area contributed by atoms with Crippen LogP contribution in [0.2, 0.25) is 0 Å². The molecule has 0 radical (unpaired) electrons. The van der Waals surface area contributed by atoms with Crippen LogP contribution in [0.4, 0.5) is 0 Å². The Morgan fingerprint density at radius 1 is 0.892 bits per heavy atom. The topological polar surface area (TPSA) is 153 Å². The van der Waals surface area contributed by atoms with Crippen LogP contribution in [0.1, 0.15) is 25.0 Å². The molecule has 0 spiro atoms. The predicted octanol–water partition coefficient (Wildman–Crippen LogP) is 1.29. The van der Waals surface area contributed by atoms with E-state index in [4.69, 9.17) is 0 Å². The first-order valence-electron chi connectivity index (χ1n) is 11.6. The fourth-order valence-corrected chi connectivity index (χ4v) is 5.85. The lowest BCUT2D eigenvalue weighted by Crippen LogP contribution is -2.59. The molecule has 1 saturated heterocycles. The molecule has 1 heterocycles. The maximum Gasteiger partial charge on any atom is 0.329 e. The summed E-state index contributed by atoms with van der Waals surface area (Å²) in [6.07, 6.45) is -0.0648. The molecule has 1 fully saturated rings. The van der Waals surface area contributed by atoms with Gasteiger partial charge in [-0.3, -0.25) is 14.4 Å². The number of hydrogen-bond acceptors (Lipinski definition) is 6. The van der Waals surface area contributed by atoms with Crippen LogP contribution >= 0.6 is 11.8 Å². The third-order valence-corrected chi connectivity index (χ3v) is 7.45. The second kappa shape index (κ2) is 11.9. The van der Waals surface area contributed by atoms with E-state index in [0.717, 1.165) is 22.2 Å². The van der Waals surface area contributed by atoms with Gasteiger partial charge in [-0.1, -0.05) is 60.7 Å². The van der Waals surface area contributed by atoms with Gasteiger partial charge in [0.2, 0.25) is 17.7 Å². The van der Waals surface area contributed by atoms with Crippen molar-refractivity contribution in [3.05, 3.63) is 71.8 Å². The van der Waals surface area contributed by atoms with Gasteiger partial charge in [0.15, 0.2) is 6.04 Å². The summed E-state index contributed by atoms with van der Waals surface area (Å²) in [5.41, 5.74) is 1.40. The highest BCUT2D eigenvalue weighted by molar-refractivity contribution is 8.01. The number of benzene rings is 2. The fraction of sp³-hybridized carbons (Fsp3) is 0.346. The molecule has 0 aliphatic carbocycles. The van der Waals surface area contributed by atoms with Gasteiger partial charge in [-0.25, -0.2) is 9.59 Å². The number of carbonyl (C=O) groups excluding carboxylic acids is 3. The number of amides is 3. The number of carboxylic acids is 2. The third kappa shape index (κ3) is 7.10. The van der Waals surface area contributed by atoms with Crippen LogP contribution in [0.15, 0.2) is 60.7 Å². The summed E-state index contributed by atoms with van der Waals surface area (Å²) in [7, 11) is 0. The van der Waals surface area contributed by atoms with Crippen molar-refractivity contribution in [3.8, 4) is 0 Å². The van der Waals surface area contributed by atoms with Crippen molar-refractivity contribution in [2.75, 3.05) is 6.54 Å². The summed E-state index contributed by atoms with van der Waals surface area (Å²) in [6.45, 7) is 2.66. The SMILES string of the molecule is CC1(C)SC(C(NC(=O)Cc2ccccc2)C(=O)O)N(C(=O)CNC(=O)Cc2ccccc2)[C@H]1C(=O)O. The van der Waals surface area contributed by atoms with Crippen molar-refractivity contribution in [2.24, 2.45) is 0 Å². The van der Waals surface area contributed by atoms with E-state index < -0.39 is 58.4 Å². The summed E-state index contributed by atoms with van der Waals surface area (Å²) in [4.78, 5) is 63.6. The van der Waals surface area contributed by atoms with Crippen molar-refractivity contribution in [2.45, 2.75) is 48.9 Å². The van der Waals surface area contributed by atoms with Gasteiger partial charge in [0.25, 0.3) is 0 Å². The van der Waals surface area contributed by atoms with E-state index in [1.807, 2.05) is 0 Å². The Morgan fingerprint density at radius 3 is 1.89 bits per heavy atom. The summed E-state index contributed by atoms with van der Waals surface area (Å²) >= 11 is 0.978. The second-order valence-electron chi connectivity index (χ2n) is 9.14. The average molecular weight is 528 g/mol. The van der Waals surface area contributed by atoms with Gasteiger partial charge >= 0.3 is 11.9 Å². The maximum absolute atomic E-state index is 13.2. The van der Waals surface area contributed by atoms with Crippen molar-refractivity contribution in [1.82, 2.24) is 15.5 Å². The van der Waals surface area contributed by atoms with E-state index in [2.05, 4.69) is 10.6 Å². The molecular formula is C26H29N3O7S. The first-order valence-corrected chi connectivity index (χ1v) is 12.5. The summed E-state index contributed by atoms with van der Waals surface area (Å²) in [5.74, 6) is -4.52. The number of nitrogens with zero attached hydrogens (tertiary/aromatic N) is 1. The zero-order chi connectivity index (χ0) is 27.2. The minimum absolute atomic E-state index is 0.0213. The number of aliphatic carboxylic acids is 2. The lowest BCUT2D eigenvalue weighted by molar-refractivity contribution is -0.153. The average Bonchev–Trinajstić information content (AvgIpc) is 3.13. The minimum Gasteiger partial charge on any atom is -0.480 e. The number of carbonyl (C=O) groups is 5. The van der Waals surface area contributed by atoms with Crippen LogP contribution in [0.3, 0.4) is 0 Å². The highest BCUT2D eigenvalue weighted by Crippen LogP contribution is 2.45. The highest BCUT2D eigenvalue weighted by Gasteiger charge is 2.56. The van der Waals surface area contributed by atoms with Gasteiger partial charge in [0, 0.05) is 4.75 Å². The molecule has 0 bridgehead atoms. The summed E-state index contributed by atoms with van der Waals surface area (Å²) in [5, 5.41) is 23.6. The Hall–Kier alpha value is -3.86. The molecule has 3 rings (SSSR count). The Kier molecular flexibility index (Phi) is 8.93. The van der Waals surface area contributed by atoms with E-state index in [0.29, 0.717) is 5.56 Å². The molecule has 0 saturated carbocycles. The number of carboxylic acid groups (broad SMARTS) is 2. The molecule has 3 amide bonds. The zero-order valence-electron chi connectivity index (χ0n) is 20.4. The quantitative estimate of drug-likeness (QED) is 0.361. The molecule has 2 aromatic carbocycles. The van der Waals surface area contributed by atoms with Crippen LogP contribution < -0.4 is 10.6 Å². The second-order valence-corrected chi connectivity index (χ2v) is 10.9. The molecule has 11 heteroatoms. The first kappa shape index (κ1) is 27.7. The van der Waals surface area contributed by atoms with Crippen LogP contribution in [0, 0.1) is 0 Å². The number of nitrogens with one attached hydrogen (secondary N) is 2. The van der Waals surface area contributed by atoms with Gasteiger partial charge in [0.05, 0.1) is 19.4 Å². The van der Waals surface area contributed by atoms with Gasteiger partial charge < -0.3 is 25.7 Å². The standard InChI is InChI=1S/C26H29N3O7S/c1-26(2)22(25(35)36)29(20(32)15-27-18(30)13-16-9-5-3-6-10-16)23(37-26)21(24(33)34)28-19(31)14-17-11-7-4-8-12-17/h3-12,21-23H,13-15H2,1-2H3,(H,27,30)(H,28,31)(H,33,34)(H,35,36)/t21?,22-,23?/m0/s1. The first-order chi connectivity index (χ1) is 17.5. The lowest BCUT2D eigenvalue weighted by atomic mass is 10.0.